The smallest absolute Gasteiger partial charge is 0.231 e. The molecule has 1 aromatic heterocycles. The molecule has 0 aliphatic carbocycles. The molecular formula is C20H20ClN3O. The van der Waals surface area contributed by atoms with Crippen LogP contribution < -0.4 is 0 Å². The predicted molar refractivity (Wildman–Crippen MR) is 98.8 cm³/mol. The quantitative estimate of drug-likeness (QED) is 0.690. The third-order valence-electron chi connectivity index (χ3n) is 4.90. The van der Waals surface area contributed by atoms with E-state index in [1.165, 1.54) is 5.56 Å². The fraction of sp³-hybridized carbons (Fsp3) is 0.300. The van der Waals surface area contributed by atoms with Gasteiger partial charge in [-0.2, -0.15) is 4.98 Å². The topological polar surface area (TPSA) is 42.2 Å². The lowest BCUT2D eigenvalue weighted by atomic mass is 9.80. The second kappa shape index (κ2) is 6.98. The Balaban J connectivity index is 1.66. The van der Waals surface area contributed by atoms with Crippen LogP contribution in [0.2, 0.25) is 5.02 Å². The van der Waals surface area contributed by atoms with Crippen molar-refractivity contribution in [2.45, 2.75) is 18.3 Å². The Kier molecular flexibility index (Phi) is 4.55. The van der Waals surface area contributed by atoms with E-state index in [2.05, 4.69) is 29.2 Å². The summed E-state index contributed by atoms with van der Waals surface area (Å²) in [5.41, 5.74) is 2.26. The second-order valence-corrected chi connectivity index (χ2v) is 7.07. The molecule has 0 spiro atoms. The van der Waals surface area contributed by atoms with Crippen molar-refractivity contribution in [2.24, 2.45) is 0 Å². The van der Waals surface area contributed by atoms with Crippen molar-refractivity contribution < 1.29 is 4.52 Å². The molecule has 0 radical (unpaired) electrons. The summed E-state index contributed by atoms with van der Waals surface area (Å²) < 4.78 is 5.67. The average molecular weight is 354 g/mol. The molecule has 4 nitrogen and oxygen atoms in total. The maximum absolute atomic E-state index is 6.05. The normalized spacial score (nSPS) is 21.4. The van der Waals surface area contributed by atoms with Gasteiger partial charge >= 0.3 is 0 Å². The van der Waals surface area contributed by atoms with Crippen LogP contribution >= 0.6 is 11.6 Å². The Hall–Kier alpha value is -2.17. The van der Waals surface area contributed by atoms with Gasteiger partial charge in [0.25, 0.3) is 0 Å². The number of halogens is 1. The van der Waals surface area contributed by atoms with Crippen LogP contribution in [0.25, 0.3) is 11.4 Å². The van der Waals surface area contributed by atoms with Gasteiger partial charge in [0, 0.05) is 17.1 Å². The first-order chi connectivity index (χ1) is 12.2. The van der Waals surface area contributed by atoms with Gasteiger partial charge in [0.2, 0.25) is 11.7 Å². The van der Waals surface area contributed by atoms with Gasteiger partial charge in [0.05, 0.1) is 5.92 Å². The Bertz CT molecular complexity index is 832. The fourth-order valence-corrected chi connectivity index (χ4v) is 3.69. The molecule has 0 unspecified atom stereocenters. The highest BCUT2D eigenvalue weighted by Gasteiger charge is 2.34. The minimum atomic E-state index is 0.185. The van der Waals surface area contributed by atoms with Gasteiger partial charge in [-0.1, -0.05) is 59.2 Å². The van der Waals surface area contributed by atoms with Gasteiger partial charge < -0.3 is 9.42 Å². The van der Waals surface area contributed by atoms with Crippen LogP contribution in [0.1, 0.15) is 29.7 Å². The maximum Gasteiger partial charge on any atom is 0.231 e. The Morgan fingerprint density at radius 1 is 1.04 bits per heavy atom. The number of piperidine rings is 1. The van der Waals surface area contributed by atoms with Crippen LogP contribution in [0.15, 0.2) is 59.1 Å². The Morgan fingerprint density at radius 3 is 2.56 bits per heavy atom. The zero-order valence-corrected chi connectivity index (χ0v) is 14.9. The van der Waals surface area contributed by atoms with Gasteiger partial charge in [-0.25, -0.2) is 0 Å². The van der Waals surface area contributed by atoms with Crippen molar-refractivity contribution in [1.82, 2.24) is 15.0 Å². The zero-order chi connectivity index (χ0) is 17.2. The van der Waals surface area contributed by atoms with Gasteiger partial charge in [0.1, 0.15) is 0 Å². The third-order valence-corrected chi connectivity index (χ3v) is 5.16. The first-order valence-electron chi connectivity index (χ1n) is 8.54. The third kappa shape index (κ3) is 3.46. The average Bonchev–Trinajstić information content (AvgIpc) is 3.13. The number of hydrogen-bond donors (Lipinski definition) is 0. The van der Waals surface area contributed by atoms with Gasteiger partial charge in [-0.15, -0.1) is 0 Å². The van der Waals surface area contributed by atoms with Crippen molar-refractivity contribution >= 4 is 11.6 Å². The molecule has 1 aliphatic rings. The second-order valence-electron chi connectivity index (χ2n) is 6.64. The van der Waals surface area contributed by atoms with Gasteiger partial charge in [-0.3, -0.25) is 0 Å². The number of hydrogen-bond acceptors (Lipinski definition) is 4. The lowest BCUT2D eigenvalue weighted by Gasteiger charge is -2.35. The van der Waals surface area contributed by atoms with Crippen LogP contribution in [0.3, 0.4) is 0 Å². The van der Waals surface area contributed by atoms with E-state index in [4.69, 9.17) is 21.1 Å². The van der Waals surface area contributed by atoms with E-state index >= 15 is 0 Å². The van der Waals surface area contributed by atoms with Crippen molar-refractivity contribution in [3.63, 3.8) is 0 Å². The minimum absolute atomic E-state index is 0.185. The molecule has 0 saturated carbocycles. The summed E-state index contributed by atoms with van der Waals surface area (Å²) in [7, 11) is 2.14. The number of benzene rings is 2. The fourth-order valence-electron chi connectivity index (χ4n) is 3.56. The molecule has 2 aromatic carbocycles. The van der Waals surface area contributed by atoms with Crippen molar-refractivity contribution in [2.75, 3.05) is 20.1 Å². The van der Waals surface area contributed by atoms with Gasteiger partial charge in [0.15, 0.2) is 0 Å². The first kappa shape index (κ1) is 16.3. The molecule has 4 rings (SSSR count). The molecule has 0 bridgehead atoms. The van der Waals surface area contributed by atoms with Crippen LogP contribution in [-0.2, 0) is 0 Å². The van der Waals surface area contributed by atoms with E-state index in [0.29, 0.717) is 17.6 Å². The number of rotatable bonds is 3. The molecule has 0 amide bonds. The summed E-state index contributed by atoms with van der Waals surface area (Å²) in [4.78, 5) is 7.02. The molecule has 128 valence electrons. The zero-order valence-electron chi connectivity index (χ0n) is 14.1. The molecule has 1 fully saturated rings. The Labute approximate surface area is 152 Å². The van der Waals surface area contributed by atoms with E-state index in [0.717, 1.165) is 30.1 Å². The summed E-state index contributed by atoms with van der Waals surface area (Å²) in [5, 5.41) is 4.96. The van der Waals surface area contributed by atoms with Crippen molar-refractivity contribution in [3.05, 3.63) is 71.1 Å². The molecule has 0 N–H and O–H groups in total. The van der Waals surface area contributed by atoms with E-state index in [-0.39, 0.29) is 5.92 Å². The highest BCUT2D eigenvalue weighted by atomic mass is 35.5. The van der Waals surface area contributed by atoms with E-state index in [1.807, 2.05) is 42.5 Å². The standard InChI is InChI=1S/C20H20ClN3O/c1-24-12-11-17(14-7-9-16(21)10-8-14)18(13-24)20-22-19(23-25-20)15-5-3-2-4-6-15/h2-10,17-18H,11-13H2,1H3/t17-,18+/m0/s1. The van der Waals surface area contributed by atoms with Crippen LogP contribution in [0.5, 0.6) is 0 Å². The van der Waals surface area contributed by atoms with E-state index < -0.39 is 0 Å². The van der Waals surface area contributed by atoms with Crippen LogP contribution in [0, 0.1) is 0 Å². The predicted octanol–water partition coefficient (Wildman–Crippen LogP) is 4.59. The summed E-state index contributed by atoms with van der Waals surface area (Å²) in [6.07, 6.45) is 1.06. The summed E-state index contributed by atoms with van der Waals surface area (Å²) in [6, 6.07) is 18.1. The molecule has 5 heteroatoms. The lowest BCUT2D eigenvalue weighted by Crippen LogP contribution is -2.35. The summed E-state index contributed by atoms with van der Waals surface area (Å²) >= 11 is 6.05. The molecule has 1 saturated heterocycles. The monoisotopic (exact) mass is 353 g/mol. The van der Waals surface area contributed by atoms with Gasteiger partial charge in [-0.05, 0) is 43.6 Å². The van der Waals surface area contributed by atoms with E-state index in [9.17, 15) is 0 Å². The lowest BCUT2D eigenvalue weighted by molar-refractivity contribution is 0.198. The van der Waals surface area contributed by atoms with Crippen molar-refractivity contribution in [1.29, 1.82) is 0 Å². The summed E-state index contributed by atoms with van der Waals surface area (Å²) in [5.74, 6) is 1.91. The van der Waals surface area contributed by atoms with Crippen molar-refractivity contribution in [3.8, 4) is 11.4 Å². The number of likely N-dealkylation sites (tertiary alicyclic amines) is 1. The number of likely N-dealkylation sites (N-methyl/N-ethyl adjacent to an activating group) is 1. The van der Waals surface area contributed by atoms with Crippen LogP contribution in [0.4, 0.5) is 0 Å². The molecule has 1 aliphatic heterocycles. The maximum atomic E-state index is 6.05. The van der Waals surface area contributed by atoms with Crippen LogP contribution in [-0.4, -0.2) is 35.2 Å². The van der Waals surface area contributed by atoms with E-state index in [1.54, 1.807) is 0 Å². The first-order valence-corrected chi connectivity index (χ1v) is 8.91. The highest BCUT2D eigenvalue weighted by Crippen LogP contribution is 2.39. The minimum Gasteiger partial charge on any atom is -0.339 e. The molecular weight excluding hydrogens is 334 g/mol. The Morgan fingerprint density at radius 2 is 1.80 bits per heavy atom. The largest absolute Gasteiger partial charge is 0.339 e. The molecule has 2 heterocycles. The number of aromatic nitrogens is 2. The molecule has 25 heavy (non-hydrogen) atoms. The highest BCUT2D eigenvalue weighted by molar-refractivity contribution is 6.30. The number of nitrogens with zero attached hydrogens (tertiary/aromatic N) is 3. The molecule has 2 atom stereocenters. The summed E-state index contributed by atoms with van der Waals surface area (Å²) in [6.45, 7) is 1.97. The molecule has 3 aromatic rings. The SMILES string of the molecule is CN1CC[C@@H](c2ccc(Cl)cc2)[C@H](c2nc(-c3ccccc3)no2)C1.